The van der Waals surface area contributed by atoms with Gasteiger partial charge in [-0.15, -0.1) is 0 Å². The zero-order valence-electron chi connectivity index (χ0n) is 44.4. The molecule has 3 aliphatic heterocycles. The summed E-state index contributed by atoms with van der Waals surface area (Å²) in [7, 11) is 0. The summed E-state index contributed by atoms with van der Waals surface area (Å²) in [6.07, 6.45) is 0. The lowest BCUT2D eigenvalue weighted by atomic mass is 9.30. The lowest BCUT2D eigenvalue weighted by molar-refractivity contribution is 0.587. The van der Waals surface area contributed by atoms with E-state index in [0.29, 0.717) is 0 Å². The van der Waals surface area contributed by atoms with Gasteiger partial charge in [0.05, 0.1) is 33.1 Å². The summed E-state index contributed by atoms with van der Waals surface area (Å²) < 4.78 is 5.37. The van der Waals surface area contributed by atoms with Crippen molar-refractivity contribution in [3.63, 3.8) is 0 Å². The van der Waals surface area contributed by atoms with Crippen molar-refractivity contribution >= 4 is 123 Å². The molecule has 0 spiro atoms. The first-order valence-corrected chi connectivity index (χ1v) is 27.5. The second-order valence-corrected chi connectivity index (χ2v) is 29.5. The van der Waals surface area contributed by atoms with E-state index in [1.54, 1.807) is 10.9 Å². The van der Waals surface area contributed by atoms with Gasteiger partial charge in [-0.25, -0.2) is 0 Å². The van der Waals surface area contributed by atoms with E-state index in [0.717, 1.165) is 0 Å². The predicted octanol–water partition coefficient (Wildman–Crippen LogP) is 16.6. The molecule has 7 aromatic carbocycles. The predicted molar refractivity (Wildman–Crippen MR) is 307 cm³/mol. The van der Waals surface area contributed by atoms with Crippen LogP contribution in [0.4, 0.5) is 0 Å². The van der Waals surface area contributed by atoms with Crippen LogP contribution in [-0.2, 0) is 32.5 Å². The van der Waals surface area contributed by atoms with E-state index >= 15 is 0 Å². The fourth-order valence-corrected chi connectivity index (χ4v) is 16.4. The molecule has 0 atom stereocenters. The highest BCUT2D eigenvalue weighted by Gasteiger charge is 2.53. The van der Waals surface area contributed by atoms with Crippen molar-refractivity contribution in [2.24, 2.45) is 0 Å². The molecule has 0 saturated carbocycles. The van der Waals surface area contributed by atoms with Gasteiger partial charge in [0.25, 0.3) is 0 Å². The fourth-order valence-electron chi connectivity index (χ4n) is 13.6. The first-order chi connectivity index (χ1) is 32.7. The zero-order valence-corrected chi connectivity index (χ0v) is 46.0. The Kier molecular flexibility index (Phi) is 8.06. The smallest absolute Gasteiger partial charge is 0.248 e. The van der Waals surface area contributed by atoms with Gasteiger partial charge < -0.3 is 8.80 Å². The number of fused-ring (bicyclic) bond motifs is 16. The largest absolute Gasteiger partial charge is 0.308 e. The molecule has 14 rings (SSSR count). The molecule has 0 saturated heterocycles. The summed E-state index contributed by atoms with van der Waals surface area (Å²) >= 11 is 4.18. The topological polar surface area (TPSA) is 8.82 Å². The van der Waals surface area contributed by atoms with E-state index in [2.05, 4.69) is 235 Å². The molecule has 2 nitrogen and oxygen atoms in total. The van der Waals surface area contributed by atoms with E-state index in [-0.39, 0.29) is 39.2 Å². The van der Waals surface area contributed by atoms with Crippen molar-refractivity contribution in [3.8, 4) is 0 Å². The van der Waals surface area contributed by atoms with Crippen LogP contribution in [0.15, 0.2) is 105 Å². The van der Waals surface area contributed by atoms with Gasteiger partial charge in [0.1, 0.15) is 0 Å². The number of hydrogen-bond acceptors (Lipinski definition) is 2. The highest BCUT2D eigenvalue weighted by Crippen LogP contribution is 2.58. The molecule has 3 aliphatic rings. The summed E-state index contributed by atoms with van der Waals surface area (Å²) in [6.45, 7) is 41.0. The molecule has 0 aliphatic carbocycles. The molecule has 0 amide bonds. The first kappa shape index (κ1) is 43.7. The van der Waals surface area contributed by atoms with Crippen LogP contribution in [0.25, 0.3) is 76.2 Å². The lowest BCUT2D eigenvalue weighted by Gasteiger charge is -2.46. The fraction of sp³-hybridized carbons (Fsp3) is 0.354. The van der Waals surface area contributed by atoms with E-state index in [1.807, 2.05) is 0 Å². The van der Waals surface area contributed by atoms with Crippen LogP contribution in [0.5, 0.6) is 0 Å². The number of hydrogen-bond donors (Lipinski definition) is 0. The van der Waals surface area contributed by atoms with Crippen LogP contribution < -0.4 is 16.4 Å². The Morgan fingerprint density at radius 1 is 0.371 bits per heavy atom. The van der Waals surface area contributed by atoms with Gasteiger partial charge in [-0.05, 0) is 143 Å². The summed E-state index contributed by atoms with van der Waals surface area (Å²) in [4.78, 5) is 5.83. The van der Waals surface area contributed by atoms with Gasteiger partial charge in [-0.2, -0.15) is 0 Å². The number of benzene rings is 7. The van der Waals surface area contributed by atoms with Crippen LogP contribution in [0.2, 0.25) is 0 Å². The molecule has 11 aromatic rings. The van der Waals surface area contributed by atoms with Gasteiger partial charge in [0.2, 0.25) is 6.71 Å². The minimum Gasteiger partial charge on any atom is -0.308 e. The van der Waals surface area contributed by atoms with Gasteiger partial charge in [-0.1, -0.05) is 165 Å². The number of aromatic nitrogens is 2. The molecule has 0 radical (unpaired) electrons. The van der Waals surface area contributed by atoms with Gasteiger partial charge in [0, 0.05) is 68.1 Å². The van der Waals surface area contributed by atoms with E-state index in [9.17, 15) is 0 Å². The van der Waals surface area contributed by atoms with Crippen LogP contribution in [0.3, 0.4) is 0 Å². The van der Waals surface area contributed by atoms with Gasteiger partial charge >= 0.3 is 0 Å². The standard InChI is InChI=1S/C65H65BN2S2/c1-60(2,3)32-18-22-41-37(26-32)47-51-54-58(49-39-28-34(62(7,8)9)20-24-43(39)67(41)56(47)49)69-45-30-36(64(13,14)15)31-46-53(45)66(54)55-52(65(51,16)17)48-38-27-33(61(4,5)6)19-23-42(38)68-44-25-21-35(63(10,11)12)29-40(44)50(57(48)68)59(55)70-46/h18-31H,1-17H3. The Hall–Kier alpha value is -5.10. The molecule has 70 heavy (non-hydrogen) atoms. The monoisotopic (exact) mass is 948 g/mol. The lowest BCUT2D eigenvalue weighted by Crippen LogP contribution is -2.65. The highest BCUT2D eigenvalue weighted by molar-refractivity contribution is 8.01. The van der Waals surface area contributed by atoms with Crippen molar-refractivity contribution in [2.45, 2.75) is 170 Å². The molecule has 4 aromatic heterocycles. The maximum absolute atomic E-state index is 2.68. The molecule has 350 valence electrons. The summed E-state index contributed by atoms with van der Waals surface area (Å²) in [5.41, 5.74) is 22.4. The number of nitrogens with zero attached hydrogens (tertiary/aromatic N) is 2. The Morgan fingerprint density at radius 3 is 0.971 bits per heavy atom. The van der Waals surface area contributed by atoms with Crippen molar-refractivity contribution < 1.29 is 0 Å². The minimum absolute atomic E-state index is 0.00114. The average Bonchev–Trinajstić information content (AvgIpc) is 3.99. The molecular formula is C65H65BN2S2. The first-order valence-electron chi connectivity index (χ1n) is 25.9. The number of rotatable bonds is 0. The van der Waals surface area contributed by atoms with Gasteiger partial charge in [-0.3, -0.25) is 0 Å². The maximum atomic E-state index is 2.68. The third-order valence-electron chi connectivity index (χ3n) is 17.4. The Labute approximate surface area is 422 Å². The average molecular weight is 949 g/mol. The van der Waals surface area contributed by atoms with Crippen LogP contribution in [0.1, 0.15) is 157 Å². The van der Waals surface area contributed by atoms with Crippen LogP contribution in [-0.4, -0.2) is 15.5 Å². The van der Waals surface area contributed by atoms with Crippen molar-refractivity contribution in [2.75, 3.05) is 0 Å². The summed E-state index contributed by atoms with van der Waals surface area (Å²) in [5, 5.41) is 11.4. The third kappa shape index (κ3) is 5.32. The van der Waals surface area contributed by atoms with Gasteiger partial charge in [0.15, 0.2) is 0 Å². The summed E-state index contributed by atoms with van der Waals surface area (Å²) in [5.74, 6) is 0. The SMILES string of the molecule is CC(C)(C)c1cc2c3c(c1)Sc1c4c(c5c6cc(C(C)(C)C)ccc6n6c7ccc(C(C)(C)C)cc7c1c56)C(C)(C)c1c(c(c5c6cc(C(C)(C)C)ccc6n6c7ccc(C(C)(C)C)cc7c1c56)S2)B34. The molecule has 7 heterocycles. The minimum atomic E-state index is -0.367. The van der Waals surface area contributed by atoms with Crippen LogP contribution >= 0.6 is 23.5 Å². The van der Waals surface area contributed by atoms with E-state index in [1.165, 1.54) is 140 Å². The van der Waals surface area contributed by atoms with Crippen molar-refractivity contribution in [1.29, 1.82) is 0 Å². The van der Waals surface area contributed by atoms with Crippen molar-refractivity contribution in [1.82, 2.24) is 8.80 Å². The second-order valence-electron chi connectivity index (χ2n) is 27.4. The van der Waals surface area contributed by atoms with E-state index < -0.39 is 0 Å². The van der Waals surface area contributed by atoms with Crippen molar-refractivity contribution in [3.05, 3.63) is 124 Å². The summed E-state index contributed by atoms with van der Waals surface area (Å²) in [6, 6.07) is 35.0. The quantitative estimate of drug-likeness (QED) is 0.140. The molecule has 0 unspecified atom stereocenters. The normalized spacial score (nSPS) is 16.0. The third-order valence-corrected chi connectivity index (χ3v) is 19.7. The molecular weight excluding hydrogens is 884 g/mol. The van der Waals surface area contributed by atoms with Crippen LogP contribution in [0, 0.1) is 0 Å². The Bertz CT molecular complexity index is 3950. The van der Waals surface area contributed by atoms with E-state index in [4.69, 9.17) is 0 Å². The molecule has 5 heteroatoms. The Morgan fingerprint density at radius 2 is 0.671 bits per heavy atom. The molecule has 0 N–H and O–H groups in total. The Balaban J connectivity index is 1.27. The highest BCUT2D eigenvalue weighted by atomic mass is 32.2. The molecule has 0 bridgehead atoms. The molecule has 0 fully saturated rings. The second kappa shape index (κ2) is 12.9. The zero-order chi connectivity index (χ0) is 49.2. The maximum Gasteiger partial charge on any atom is 0.248 e.